The maximum atomic E-state index is 14.4. The summed E-state index contributed by atoms with van der Waals surface area (Å²) in [6, 6.07) is 15.6. The molecule has 0 aliphatic carbocycles. The SMILES string of the molecule is CC(C)c1ccc(C(=O)N2CCN(C(=O)/C=C/c3ccc(Oc4cccnc4)c(F)c3)CC2)cc1. The van der Waals surface area contributed by atoms with E-state index in [1.165, 1.54) is 30.0 Å². The summed E-state index contributed by atoms with van der Waals surface area (Å²) in [5.41, 5.74) is 2.40. The van der Waals surface area contributed by atoms with E-state index in [1.54, 1.807) is 40.3 Å². The van der Waals surface area contributed by atoms with Crippen LogP contribution in [-0.2, 0) is 4.79 Å². The minimum Gasteiger partial charge on any atom is -0.453 e. The van der Waals surface area contributed by atoms with Gasteiger partial charge in [-0.25, -0.2) is 4.39 Å². The molecule has 35 heavy (non-hydrogen) atoms. The molecule has 0 N–H and O–H groups in total. The monoisotopic (exact) mass is 473 g/mol. The molecule has 2 aromatic carbocycles. The molecule has 3 aromatic rings. The third kappa shape index (κ3) is 6.12. The number of piperazine rings is 1. The van der Waals surface area contributed by atoms with Crippen molar-refractivity contribution >= 4 is 17.9 Å². The second-order valence-electron chi connectivity index (χ2n) is 8.71. The summed E-state index contributed by atoms with van der Waals surface area (Å²) in [6.45, 7) is 6.08. The van der Waals surface area contributed by atoms with Gasteiger partial charge >= 0.3 is 0 Å². The van der Waals surface area contributed by atoms with Crippen LogP contribution in [0.2, 0.25) is 0 Å². The molecule has 4 rings (SSSR count). The Balaban J connectivity index is 1.30. The van der Waals surface area contributed by atoms with Gasteiger partial charge in [0.15, 0.2) is 11.6 Å². The minimum atomic E-state index is -0.531. The molecule has 0 unspecified atom stereocenters. The van der Waals surface area contributed by atoms with Gasteiger partial charge in [0.1, 0.15) is 5.75 Å². The molecule has 0 spiro atoms. The highest BCUT2D eigenvalue weighted by atomic mass is 19.1. The molecule has 180 valence electrons. The van der Waals surface area contributed by atoms with Crippen LogP contribution >= 0.6 is 0 Å². The molecule has 2 heterocycles. The number of ether oxygens (including phenoxy) is 1. The van der Waals surface area contributed by atoms with Gasteiger partial charge in [0.2, 0.25) is 5.91 Å². The van der Waals surface area contributed by atoms with Gasteiger partial charge in [-0.2, -0.15) is 0 Å². The van der Waals surface area contributed by atoms with E-state index in [-0.39, 0.29) is 17.6 Å². The average molecular weight is 474 g/mol. The summed E-state index contributed by atoms with van der Waals surface area (Å²) in [5.74, 6) is 0.214. The number of benzene rings is 2. The molecule has 1 saturated heterocycles. The Hall–Kier alpha value is -4.00. The van der Waals surface area contributed by atoms with Crippen LogP contribution in [0.15, 0.2) is 73.1 Å². The first-order chi connectivity index (χ1) is 16.9. The maximum Gasteiger partial charge on any atom is 0.253 e. The second kappa shape index (κ2) is 11.0. The number of hydrogen-bond donors (Lipinski definition) is 0. The molecule has 0 bridgehead atoms. The average Bonchev–Trinajstić information content (AvgIpc) is 2.89. The summed E-state index contributed by atoms with van der Waals surface area (Å²) >= 11 is 0. The minimum absolute atomic E-state index is 0.0213. The lowest BCUT2D eigenvalue weighted by Gasteiger charge is -2.34. The molecule has 0 atom stereocenters. The zero-order valence-corrected chi connectivity index (χ0v) is 19.9. The van der Waals surface area contributed by atoms with Gasteiger partial charge in [0.05, 0.1) is 6.20 Å². The topological polar surface area (TPSA) is 62.7 Å². The molecule has 0 radical (unpaired) electrons. The van der Waals surface area contributed by atoms with Gasteiger partial charge in [0, 0.05) is 44.0 Å². The molecule has 7 heteroatoms. The Morgan fingerprint density at radius 3 is 2.34 bits per heavy atom. The summed E-state index contributed by atoms with van der Waals surface area (Å²) in [7, 11) is 0. The van der Waals surface area contributed by atoms with Crippen LogP contribution < -0.4 is 4.74 Å². The van der Waals surface area contributed by atoms with Crippen LogP contribution in [0.4, 0.5) is 4.39 Å². The summed E-state index contributed by atoms with van der Waals surface area (Å²) < 4.78 is 19.9. The van der Waals surface area contributed by atoms with Crippen molar-refractivity contribution in [1.29, 1.82) is 0 Å². The first-order valence-electron chi connectivity index (χ1n) is 11.6. The van der Waals surface area contributed by atoms with E-state index < -0.39 is 5.82 Å². The fourth-order valence-electron chi connectivity index (χ4n) is 3.83. The van der Waals surface area contributed by atoms with Crippen molar-refractivity contribution in [3.63, 3.8) is 0 Å². The Labute approximate surface area is 204 Å². The lowest BCUT2D eigenvalue weighted by molar-refractivity contribution is -0.127. The summed E-state index contributed by atoms with van der Waals surface area (Å²) in [6.07, 6.45) is 6.12. The molecule has 1 aliphatic heterocycles. The summed E-state index contributed by atoms with van der Waals surface area (Å²) in [4.78, 5) is 32.8. The first kappa shape index (κ1) is 24.1. The van der Waals surface area contributed by atoms with E-state index in [9.17, 15) is 14.0 Å². The van der Waals surface area contributed by atoms with E-state index in [2.05, 4.69) is 18.8 Å². The molecule has 1 aliphatic rings. The molecular formula is C28H28FN3O3. The van der Waals surface area contributed by atoms with E-state index in [0.717, 1.165) is 0 Å². The Kier molecular flexibility index (Phi) is 7.55. The second-order valence-corrected chi connectivity index (χ2v) is 8.71. The number of hydrogen-bond acceptors (Lipinski definition) is 4. The normalized spacial score (nSPS) is 13.9. The van der Waals surface area contributed by atoms with E-state index in [0.29, 0.717) is 49.0 Å². The Morgan fingerprint density at radius 1 is 1.00 bits per heavy atom. The highest BCUT2D eigenvalue weighted by Crippen LogP contribution is 2.25. The number of pyridine rings is 1. The van der Waals surface area contributed by atoms with Crippen LogP contribution in [0.25, 0.3) is 6.08 Å². The molecular weight excluding hydrogens is 445 g/mol. The van der Waals surface area contributed by atoms with Crippen LogP contribution in [0.3, 0.4) is 0 Å². The Morgan fingerprint density at radius 2 is 1.71 bits per heavy atom. The predicted octanol–water partition coefficient (Wildman–Crippen LogP) is 5.13. The smallest absolute Gasteiger partial charge is 0.253 e. The van der Waals surface area contributed by atoms with Crippen LogP contribution in [0.1, 0.15) is 41.3 Å². The molecule has 6 nitrogen and oxygen atoms in total. The van der Waals surface area contributed by atoms with Gasteiger partial charge in [-0.1, -0.05) is 32.0 Å². The van der Waals surface area contributed by atoms with Crippen molar-refractivity contribution in [1.82, 2.24) is 14.8 Å². The van der Waals surface area contributed by atoms with Crippen LogP contribution in [0, 0.1) is 5.82 Å². The van der Waals surface area contributed by atoms with Crippen LogP contribution in [0.5, 0.6) is 11.5 Å². The Bertz CT molecular complexity index is 1200. The molecule has 1 aromatic heterocycles. The molecule has 0 saturated carbocycles. The van der Waals surface area contributed by atoms with Crippen molar-refractivity contribution in [3.8, 4) is 11.5 Å². The van der Waals surface area contributed by atoms with Gasteiger partial charge in [-0.3, -0.25) is 14.6 Å². The highest BCUT2D eigenvalue weighted by Gasteiger charge is 2.24. The van der Waals surface area contributed by atoms with E-state index in [4.69, 9.17) is 4.74 Å². The third-order valence-corrected chi connectivity index (χ3v) is 5.94. The van der Waals surface area contributed by atoms with Gasteiger partial charge in [-0.05, 0) is 59.5 Å². The van der Waals surface area contributed by atoms with Gasteiger partial charge in [-0.15, -0.1) is 0 Å². The zero-order valence-electron chi connectivity index (χ0n) is 19.9. The van der Waals surface area contributed by atoms with Crippen molar-refractivity contribution in [2.24, 2.45) is 0 Å². The van der Waals surface area contributed by atoms with Crippen molar-refractivity contribution in [2.45, 2.75) is 19.8 Å². The van der Waals surface area contributed by atoms with Gasteiger partial charge < -0.3 is 14.5 Å². The van der Waals surface area contributed by atoms with E-state index >= 15 is 0 Å². The fraction of sp³-hybridized carbons (Fsp3) is 0.250. The maximum absolute atomic E-state index is 14.4. The van der Waals surface area contributed by atoms with Crippen molar-refractivity contribution < 1.29 is 18.7 Å². The van der Waals surface area contributed by atoms with Crippen molar-refractivity contribution in [2.75, 3.05) is 26.2 Å². The third-order valence-electron chi connectivity index (χ3n) is 5.94. The largest absolute Gasteiger partial charge is 0.453 e. The molecule has 1 fully saturated rings. The first-order valence-corrected chi connectivity index (χ1v) is 11.6. The predicted molar refractivity (Wildman–Crippen MR) is 133 cm³/mol. The lowest BCUT2D eigenvalue weighted by Crippen LogP contribution is -2.50. The number of nitrogens with zero attached hydrogens (tertiary/aromatic N) is 3. The fourth-order valence-corrected chi connectivity index (χ4v) is 3.83. The number of halogens is 1. The number of aromatic nitrogens is 1. The lowest BCUT2D eigenvalue weighted by atomic mass is 10.0. The molecule has 2 amide bonds. The number of carbonyl (C=O) groups is 2. The van der Waals surface area contributed by atoms with E-state index in [1.807, 2.05) is 24.3 Å². The van der Waals surface area contributed by atoms with Gasteiger partial charge in [0.25, 0.3) is 5.91 Å². The number of rotatable bonds is 6. The highest BCUT2D eigenvalue weighted by molar-refractivity contribution is 5.95. The number of carbonyl (C=O) groups excluding carboxylic acids is 2. The standard InChI is InChI=1S/C28H28FN3O3/c1-20(2)22-7-9-23(10-8-22)28(34)32-16-14-31(15-17-32)27(33)12-6-21-5-11-26(25(29)18-21)35-24-4-3-13-30-19-24/h3-13,18-20H,14-17H2,1-2H3/b12-6+. The summed E-state index contributed by atoms with van der Waals surface area (Å²) in [5, 5.41) is 0. The van der Waals surface area contributed by atoms with Crippen molar-refractivity contribution in [3.05, 3.63) is 95.6 Å². The van der Waals surface area contributed by atoms with Crippen LogP contribution in [-0.4, -0.2) is 52.8 Å². The number of amides is 2. The quantitative estimate of drug-likeness (QED) is 0.466. The zero-order chi connectivity index (χ0) is 24.8.